The zero-order chi connectivity index (χ0) is 13.7. The second kappa shape index (κ2) is 7.28. The maximum absolute atomic E-state index is 5.91. The van der Waals surface area contributed by atoms with Gasteiger partial charge < -0.3 is 10.1 Å². The lowest BCUT2D eigenvalue weighted by atomic mass is 9.92. The Balaban J connectivity index is 1.79. The van der Waals surface area contributed by atoms with Gasteiger partial charge in [-0.3, -0.25) is 0 Å². The summed E-state index contributed by atoms with van der Waals surface area (Å²) < 4.78 is 5.42. The lowest BCUT2D eigenvalue weighted by Gasteiger charge is -2.30. The molecule has 2 atom stereocenters. The van der Waals surface area contributed by atoms with Gasteiger partial charge in [0.2, 0.25) is 0 Å². The summed E-state index contributed by atoms with van der Waals surface area (Å²) in [4.78, 5) is 0. The summed E-state index contributed by atoms with van der Waals surface area (Å²) in [5, 5.41) is 4.53. The molecule has 3 heteroatoms. The first-order valence-electron chi connectivity index (χ1n) is 7.23. The van der Waals surface area contributed by atoms with Gasteiger partial charge in [0.05, 0.1) is 0 Å². The van der Waals surface area contributed by atoms with Crippen molar-refractivity contribution >= 4 is 11.6 Å². The molecule has 1 N–H and O–H groups in total. The van der Waals surface area contributed by atoms with Crippen LogP contribution in [0.4, 0.5) is 0 Å². The molecule has 1 heterocycles. The van der Waals surface area contributed by atoms with E-state index in [1.54, 1.807) is 0 Å². The van der Waals surface area contributed by atoms with E-state index in [1.807, 2.05) is 12.1 Å². The molecule has 106 valence electrons. The lowest BCUT2D eigenvalue weighted by molar-refractivity contribution is 0.0547. The molecule has 2 rings (SSSR count). The van der Waals surface area contributed by atoms with Crippen LogP contribution in [0.15, 0.2) is 24.3 Å². The highest BCUT2D eigenvalue weighted by Gasteiger charge is 2.21. The predicted octanol–water partition coefficient (Wildman–Crippen LogP) is 3.68. The van der Waals surface area contributed by atoms with Gasteiger partial charge in [-0.05, 0) is 56.7 Å². The van der Waals surface area contributed by atoms with Crippen molar-refractivity contribution in [3.8, 4) is 0 Å². The van der Waals surface area contributed by atoms with E-state index in [9.17, 15) is 0 Å². The van der Waals surface area contributed by atoms with Crippen LogP contribution in [0.1, 0.15) is 32.3 Å². The minimum Gasteiger partial charge on any atom is -0.381 e. The van der Waals surface area contributed by atoms with Crippen LogP contribution < -0.4 is 5.32 Å². The number of hydrogen-bond donors (Lipinski definition) is 1. The molecule has 2 unspecified atom stereocenters. The third-order valence-electron chi connectivity index (χ3n) is 3.98. The molecular weight excluding hydrogens is 258 g/mol. The van der Waals surface area contributed by atoms with E-state index >= 15 is 0 Å². The largest absolute Gasteiger partial charge is 0.381 e. The molecule has 0 bridgehead atoms. The minimum atomic E-state index is 0.485. The summed E-state index contributed by atoms with van der Waals surface area (Å²) in [5.74, 6) is 0.751. The topological polar surface area (TPSA) is 21.3 Å². The molecule has 1 aromatic rings. The molecule has 1 fully saturated rings. The summed E-state index contributed by atoms with van der Waals surface area (Å²) in [5.41, 5.74) is 1.34. The molecule has 1 aliphatic rings. The van der Waals surface area contributed by atoms with Crippen LogP contribution in [0.2, 0.25) is 5.02 Å². The van der Waals surface area contributed by atoms with Crippen molar-refractivity contribution in [2.45, 2.75) is 45.2 Å². The summed E-state index contributed by atoms with van der Waals surface area (Å²) in [6.45, 7) is 6.39. The SMILES string of the molecule is CC(Cc1ccc(Cl)cc1)NC(C)C1CCOCC1. The van der Waals surface area contributed by atoms with Crippen molar-refractivity contribution in [1.82, 2.24) is 5.32 Å². The first-order valence-corrected chi connectivity index (χ1v) is 7.61. The van der Waals surface area contributed by atoms with Crippen LogP contribution >= 0.6 is 11.6 Å². The quantitative estimate of drug-likeness (QED) is 0.889. The van der Waals surface area contributed by atoms with Gasteiger partial charge in [-0.1, -0.05) is 23.7 Å². The van der Waals surface area contributed by atoms with E-state index in [2.05, 4.69) is 31.3 Å². The Bertz CT molecular complexity index is 373. The van der Waals surface area contributed by atoms with Crippen LogP contribution in [-0.2, 0) is 11.2 Å². The van der Waals surface area contributed by atoms with E-state index in [0.717, 1.165) is 30.6 Å². The highest BCUT2D eigenvalue weighted by molar-refractivity contribution is 6.30. The van der Waals surface area contributed by atoms with Crippen LogP contribution in [-0.4, -0.2) is 25.3 Å². The zero-order valence-electron chi connectivity index (χ0n) is 11.9. The maximum atomic E-state index is 5.91. The smallest absolute Gasteiger partial charge is 0.0469 e. The van der Waals surface area contributed by atoms with E-state index in [4.69, 9.17) is 16.3 Å². The van der Waals surface area contributed by atoms with Gasteiger partial charge in [-0.15, -0.1) is 0 Å². The van der Waals surface area contributed by atoms with Gasteiger partial charge in [0.15, 0.2) is 0 Å². The van der Waals surface area contributed by atoms with Gasteiger partial charge in [0.1, 0.15) is 0 Å². The average molecular weight is 282 g/mol. The summed E-state index contributed by atoms with van der Waals surface area (Å²) in [6, 6.07) is 9.20. The Morgan fingerprint density at radius 3 is 2.47 bits per heavy atom. The van der Waals surface area contributed by atoms with Crippen molar-refractivity contribution in [1.29, 1.82) is 0 Å². The minimum absolute atomic E-state index is 0.485. The van der Waals surface area contributed by atoms with Crippen LogP contribution in [0.3, 0.4) is 0 Å². The summed E-state index contributed by atoms with van der Waals surface area (Å²) in [6.07, 6.45) is 3.41. The molecule has 0 radical (unpaired) electrons. The Morgan fingerprint density at radius 1 is 1.21 bits per heavy atom. The number of ether oxygens (including phenoxy) is 1. The highest BCUT2D eigenvalue weighted by Crippen LogP contribution is 2.19. The molecule has 0 spiro atoms. The molecule has 0 aromatic heterocycles. The van der Waals surface area contributed by atoms with Crippen molar-refractivity contribution in [2.75, 3.05) is 13.2 Å². The van der Waals surface area contributed by atoms with Gasteiger partial charge in [0, 0.05) is 30.3 Å². The van der Waals surface area contributed by atoms with E-state index < -0.39 is 0 Å². The monoisotopic (exact) mass is 281 g/mol. The third kappa shape index (κ3) is 4.79. The summed E-state index contributed by atoms with van der Waals surface area (Å²) in [7, 11) is 0. The number of nitrogens with one attached hydrogen (secondary N) is 1. The molecule has 0 saturated carbocycles. The molecule has 0 aliphatic carbocycles. The Kier molecular flexibility index (Phi) is 5.68. The maximum Gasteiger partial charge on any atom is 0.0469 e. The van der Waals surface area contributed by atoms with Crippen LogP contribution in [0.25, 0.3) is 0 Å². The second-order valence-electron chi connectivity index (χ2n) is 5.64. The van der Waals surface area contributed by atoms with Crippen LogP contribution in [0, 0.1) is 5.92 Å². The van der Waals surface area contributed by atoms with Crippen molar-refractivity contribution < 1.29 is 4.74 Å². The molecular formula is C16H24ClNO. The lowest BCUT2D eigenvalue weighted by Crippen LogP contribution is -2.42. The van der Waals surface area contributed by atoms with Gasteiger partial charge in [-0.2, -0.15) is 0 Å². The number of rotatable bonds is 5. The molecule has 1 aliphatic heterocycles. The molecule has 1 saturated heterocycles. The van der Waals surface area contributed by atoms with Crippen molar-refractivity contribution in [2.24, 2.45) is 5.92 Å². The summed E-state index contributed by atoms with van der Waals surface area (Å²) >= 11 is 5.91. The normalized spacial score (nSPS) is 20.2. The van der Waals surface area contributed by atoms with Gasteiger partial charge >= 0.3 is 0 Å². The predicted molar refractivity (Wildman–Crippen MR) is 80.8 cm³/mol. The number of halogens is 1. The fraction of sp³-hybridized carbons (Fsp3) is 0.625. The highest BCUT2D eigenvalue weighted by atomic mass is 35.5. The number of benzene rings is 1. The van der Waals surface area contributed by atoms with E-state index in [1.165, 1.54) is 18.4 Å². The molecule has 0 amide bonds. The van der Waals surface area contributed by atoms with Crippen molar-refractivity contribution in [3.05, 3.63) is 34.9 Å². The van der Waals surface area contributed by atoms with Crippen molar-refractivity contribution in [3.63, 3.8) is 0 Å². The van der Waals surface area contributed by atoms with E-state index in [0.29, 0.717) is 12.1 Å². The first-order chi connectivity index (χ1) is 9.15. The first kappa shape index (κ1) is 14.8. The Hall–Kier alpha value is -0.570. The van der Waals surface area contributed by atoms with Gasteiger partial charge in [0.25, 0.3) is 0 Å². The molecule has 1 aromatic carbocycles. The molecule has 19 heavy (non-hydrogen) atoms. The van der Waals surface area contributed by atoms with Gasteiger partial charge in [-0.25, -0.2) is 0 Å². The fourth-order valence-corrected chi connectivity index (χ4v) is 2.96. The number of hydrogen-bond acceptors (Lipinski definition) is 2. The molecule has 2 nitrogen and oxygen atoms in total. The Morgan fingerprint density at radius 2 is 1.84 bits per heavy atom. The third-order valence-corrected chi connectivity index (χ3v) is 4.23. The fourth-order valence-electron chi connectivity index (χ4n) is 2.83. The average Bonchev–Trinajstić information content (AvgIpc) is 2.42. The Labute approximate surface area is 121 Å². The van der Waals surface area contributed by atoms with E-state index in [-0.39, 0.29) is 0 Å². The second-order valence-corrected chi connectivity index (χ2v) is 6.07. The standard InChI is InChI=1S/C16H24ClNO/c1-12(11-14-3-5-16(17)6-4-14)18-13(2)15-7-9-19-10-8-15/h3-6,12-13,15,18H,7-11H2,1-2H3. The zero-order valence-corrected chi connectivity index (χ0v) is 12.6. The van der Waals surface area contributed by atoms with Crippen LogP contribution in [0.5, 0.6) is 0 Å².